The number of nitrogens with one attached hydrogen (secondary N) is 1. The van der Waals surface area contributed by atoms with E-state index in [0.29, 0.717) is 5.56 Å². The molecule has 0 atom stereocenters. The predicted octanol–water partition coefficient (Wildman–Crippen LogP) is 3.72. The number of nitrogens with zero attached hydrogens (tertiary/aromatic N) is 1. The van der Waals surface area contributed by atoms with Crippen molar-refractivity contribution in [1.29, 1.82) is 0 Å². The molecule has 0 heterocycles. The number of sulfonamides is 1. The van der Waals surface area contributed by atoms with E-state index in [0.717, 1.165) is 12.1 Å². The molecule has 2 aromatic rings. The number of halogens is 3. The van der Waals surface area contributed by atoms with Crippen LogP contribution in [0.2, 0.25) is 0 Å². The second-order valence-corrected chi connectivity index (χ2v) is 8.70. The SMILES string of the molecule is CCN(CC)S(=O)(=O)c1ccc(C)c(C(=O)OCC(=O)Nc2ccc(OC(F)(F)F)cc2)c1. The Labute approximate surface area is 189 Å². The molecule has 2 aromatic carbocycles. The topological polar surface area (TPSA) is 102 Å². The van der Waals surface area contributed by atoms with Gasteiger partial charge in [0, 0.05) is 18.8 Å². The maximum atomic E-state index is 12.7. The lowest BCUT2D eigenvalue weighted by molar-refractivity contribution is -0.274. The third-order valence-corrected chi connectivity index (χ3v) is 6.52. The number of aryl methyl sites for hydroxylation is 1. The molecule has 180 valence electrons. The van der Waals surface area contributed by atoms with Gasteiger partial charge in [0.1, 0.15) is 5.75 Å². The van der Waals surface area contributed by atoms with Crippen molar-refractivity contribution in [2.24, 2.45) is 0 Å². The summed E-state index contributed by atoms with van der Waals surface area (Å²) in [7, 11) is -3.80. The van der Waals surface area contributed by atoms with Crippen LogP contribution in [0.4, 0.5) is 18.9 Å². The number of ether oxygens (including phenoxy) is 2. The van der Waals surface area contributed by atoms with Crippen LogP contribution in [0.3, 0.4) is 0 Å². The molecule has 33 heavy (non-hydrogen) atoms. The molecule has 0 saturated heterocycles. The molecular formula is C21H23F3N2O6S. The second-order valence-electron chi connectivity index (χ2n) is 6.76. The van der Waals surface area contributed by atoms with Crippen LogP contribution in [-0.2, 0) is 19.6 Å². The summed E-state index contributed by atoms with van der Waals surface area (Å²) in [5.74, 6) is -2.09. The van der Waals surface area contributed by atoms with Gasteiger partial charge in [0.2, 0.25) is 10.0 Å². The van der Waals surface area contributed by atoms with Crippen molar-refractivity contribution in [1.82, 2.24) is 4.31 Å². The Balaban J connectivity index is 2.03. The zero-order chi connectivity index (χ0) is 24.8. The van der Waals surface area contributed by atoms with Gasteiger partial charge in [-0.3, -0.25) is 4.79 Å². The lowest BCUT2D eigenvalue weighted by Crippen LogP contribution is -2.30. The van der Waals surface area contributed by atoms with E-state index >= 15 is 0 Å². The van der Waals surface area contributed by atoms with Crippen LogP contribution in [-0.4, -0.2) is 50.7 Å². The Morgan fingerprint density at radius 1 is 1.03 bits per heavy atom. The Bertz CT molecular complexity index is 1100. The molecule has 0 bridgehead atoms. The summed E-state index contributed by atoms with van der Waals surface area (Å²) in [6, 6.07) is 8.46. The molecule has 0 aliphatic carbocycles. The van der Waals surface area contributed by atoms with Crippen molar-refractivity contribution in [3.8, 4) is 5.75 Å². The average molecular weight is 488 g/mol. The van der Waals surface area contributed by atoms with Gasteiger partial charge in [0.25, 0.3) is 5.91 Å². The third kappa shape index (κ3) is 7.19. The van der Waals surface area contributed by atoms with Crippen molar-refractivity contribution in [3.05, 3.63) is 53.6 Å². The van der Waals surface area contributed by atoms with Crippen molar-refractivity contribution < 1.29 is 40.7 Å². The summed E-state index contributed by atoms with van der Waals surface area (Å²) in [5.41, 5.74) is 0.609. The monoisotopic (exact) mass is 488 g/mol. The maximum absolute atomic E-state index is 12.7. The lowest BCUT2D eigenvalue weighted by Gasteiger charge is -2.19. The number of hydrogen-bond donors (Lipinski definition) is 1. The number of benzene rings is 2. The largest absolute Gasteiger partial charge is 0.573 e. The van der Waals surface area contributed by atoms with Gasteiger partial charge in [-0.1, -0.05) is 19.9 Å². The van der Waals surface area contributed by atoms with Gasteiger partial charge >= 0.3 is 12.3 Å². The highest BCUT2D eigenvalue weighted by Crippen LogP contribution is 2.24. The minimum atomic E-state index is -4.83. The Kier molecular flexibility index (Phi) is 8.45. The number of rotatable bonds is 9. The zero-order valence-electron chi connectivity index (χ0n) is 18.1. The van der Waals surface area contributed by atoms with E-state index in [1.54, 1.807) is 20.8 Å². The number of carbonyl (C=O) groups excluding carboxylic acids is 2. The van der Waals surface area contributed by atoms with Crippen LogP contribution in [0, 0.1) is 6.92 Å². The van der Waals surface area contributed by atoms with Crippen LogP contribution in [0.5, 0.6) is 5.75 Å². The molecule has 0 saturated carbocycles. The average Bonchev–Trinajstić information content (AvgIpc) is 2.73. The predicted molar refractivity (Wildman–Crippen MR) is 113 cm³/mol. The maximum Gasteiger partial charge on any atom is 0.573 e. The third-order valence-electron chi connectivity index (χ3n) is 4.48. The number of alkyl halides is 3. The minimum absolute atomic E-state index is 0.00955. The molecule has 0 aliphatic heterocycles. The molecular weight excluding hydrogens is 465 g/mol. The smallest absolute Gasteiger partial charge is 0.452 e. The fraction of sp³-hybridized carbons (Fsp3) is 0.333. The molecule has 0 unspecified atom stereocenters. The molecule has 0 aliphatic rings. The van der Waals surface area contributed by atoms with Gasteiger partial charge in [0.05, 0.1) is 10.5 Å². The summed E-state index contributed by atoms with van der Waals surface area (Å²) in [6.45, 7) is 4.81. The first-order valence-corrected chi connectivity index (χ1v) is 11.2. The van der Waals surface area contributed by atoms with Crippen molar-refractivity contribution >= 4 is 27.6 Å². The highest BCUT2D eigenvalue weighted by atomic mass is 32.2. The van der Waals surface area contributed by atoms with Gasteiger partial charge in [0.15, 0.2) is 6.61 Å². The van der Waals surface area contributed by atoms with Crippen LogP contribution in [0.1, 0.15) is 29.8 Å². The quantitative estimate of drug-likeness (QED) is 0.540. The number of amides is 1. The first-order valence-electron chi connectivity index (χ1n) is 9.81. The van der Waals surface area contributed by atoms with E-state index in [4.69, 9.17) is 4.74 Å². The number of hydrogen-bond acceptors (Lipinski definition) is 6. The molecule has 0 fully saturated rings. The van der Waals surface area contributed by atoms with Crippen LogP contribution in [0.25, 0.3) is 0 Å². The molecule has 0 spiro atoms. The lowest BCUT2D eigenvalue weighted by atomic mass is 10.1. The normalized spacial score (nSPS) is 11.8. The standard InChI is InChI=1S/C21H23F3N2O6S/c1-4-26(5-2)33(29,30)17-11-6-14(3)18(12-17)20(28)31-13-19(27)25-15-7-9-16(10-8-15)32-21(22,23)24/h6-12H,4-5,13H2,1-3H3,(H,25,27). The highest BCUT2D eigenvalue weighted by Gasteiger charge is 2.31. The van der Waals surface area contributed by atoms with Crippen LogP contribution >= 0.6 is 0 Å². The highest BCUT2D eigenvalue weighted by molar-refractivity contribution is 7.89. The van der Waals surface area contributed by atoms with Crippen LogP contribution < -0.4 is 10.1 Å². The fourth-order valence-electron chi connectivity index (χ4n) is 2.84. The molecule has 0 radical (unpaired) electrons. The Morgan fingerprint density at radius 2 is 1.64 bits per heavy atom. The van der Waals surface area contributed by atoms with Gasteiger partial charge in [-0.2, -0.15) is 4.31 Å². The zero-order valence-corrected chi connectivity index (χ0v) is 18.9. The fourth-order valence-corrected chi connectivity index (χ4v) is 4.32. The molecule has 8 nitrogen and oxygen atoms in total. The summed E-state index contributed by atoms with van der Waals surface area (Å²) in [4.78, 5) is 24.4. The molecule has 1 N–H and O–H groups in total. The first kappa shape index (κ1) is 26.1. The van der Waals surface area contributed by atoms with Gasteiger partial charge < -0.3 is 14.8 Å². The number of esters is 1. The van der Waals surface area contributed by atoms with E-state index in [-0.39, 0.29) is 29.2 Å². The number of anilines is 1. The van der Waals surface area contributed by atoms with Gasteiger partial charge in [-0.25, -0.2) is 13.2 Å². The Morgan fingerprint density at radius 3 is 2.18 bits per heavy atom. The molecule has 0 aromatic heterocycles. The van der Waals surface area contributed by atoms with E-state index in [9.17, 15) is 31.2 Å². The van der Waals surface area contributed by atoms with E-state index in [1.807, 2.05) is 0 Å². The van der Waals surface area contributed by atoms with Crippen LogP contribution in [0.15, 0.2) is 47.4 Å². The molecule has 1 amide bonds. The summed E-state index contributed by atoms with van der Waals surface area (Å²) in [6.07, 6.45) is -4.83. The molecule has 12 heteroatoms. The van der Waals surface area contributed by atoms with Crippen molar-refractivity contribution in [2.75, 3.05) is 25.0 Å². The van der Waals surface area contributed by atoms with E-state index < -0.39 is 40.6 Å². The first-order chi connectivity index (χ1) is 15.4. The van der Waals surface area contributed by atoms with Crippen molar-refractivity contribution in [2.45, 2.75) is 32.0 Å². The number of carbonyl (C=O) groups is 2. The van der Waals surface area contributed by atoms with Crippen molar-refractivity contribution in [3.63, 3.8) is 0 Å². The molecule has 2 rings (SSSR count). The van der Waals surface area contributed by atoms with E-state index in [1.165, 1.54) is 34.6 Å². The van der Waals surface area contributed by atoms with E-state index in [2.05, 4.69) is 10.1 Å². The summed E-state index contributed by atoms with van der Waals surface area (Å²) in [5, 5.41) is 2.36. The minimum Gasteiger partial charge on any atom is -0.452 e. The summed E-state index contributed by atoms with van der Waals surface area (Å²) >= 11 is 0. The van der Waals surface area contributed by atoms with Gasteiger partial charge in [-0.15, -0.1) is 13.2 Å². The second kappa shape index (κ2) is 10.7. The summed E-state index contributed by atoms with van der Waals surface area (Å²) < 4.78 is 71.9. The Hall–Kier alpha value is -3.12. The van der Waals surface area contributed by atoms with Gasteiger partial charge in [-0.05, 0) is 48.9 Å².